The van der Waals surface area contributed by atoms with Crippen molar-refractivity contribution in [3.63, 3.8) is 0 Å². The van der Waals surface area contributed by atoms with Gasteiger partial charge in [0.1, 0.15) is 12.3 Å². The van der Waals surface area contributed by atoms with Crippen molar-refractivity contribution in [2.75, 3.05) is 11.4 Å². The number of aliphatic carboxylic acids is 1. The Bertz CT molecular complexity index is 468. The van der Waals surface area contributed by atoms with Crippen LogP contribution >= 0.6 is 0 Å². The van der Waals surface area contributed by atoms with Crippen molar-refractivity contribution in [3.05, 3.63) is 24.3 Å². The summed E-state index contributed by atoms with van der Waals surface area (Å²) in [6.45, 7) is -0.413. The van der Waals surface area contributed by atoms with Crippen molar-refractivity contribution in [2.24, 2.45) is 0 Å². The molecule has 1 aromatic carbocycles. The first kappa shape index (κ1) is 13.2. The van der Waals surface area contributed by atoms with Gasteiger partial charge in [0, 0.05) is 11.7 Å². The summed E-state index contributed by atoms with van der Waals surface area (Å²) in [5, 5.41) is 20.9. The number of anilines is 1. The van der Waals surface area contributed by atoms with Gasteiger partial charge < -0.3 is 15.5 Å². The Morgan fingerprint density at radius 2 is 1.89 bits per heavy atom. The number of aromatic hydroxyl groups is 1. The van der Waals surface area contributed by atoms with Crippen molar-refractivity contribution in [2.45, 2.75) is 25.3 Å². The first-order valence-electron chi connectivity index (χ1n) is 6.15. The number of carbonyl (C=O) groups is 2. The number of amides is 2. The quantitative estimate of drug-likeness (QED) is 0.769. The minimum absolute atomic E-state index is 0.0680. The van der Waals surface area contributed by atoms with E-state index in [0.717, 1.165) is 24.2 Å². The molecule has 6 heteroatoms. The van der Waals surface area contributed by atoms with Gasteiger partial charge in [0.05, 0.1) is 0 Å². The molecule has 1 fully saturated rings. The topological polar surface area (TPSA) is 89.9 Å². The monoisotopic (exact) mass is 264 g/mol. The highest BCUT2D eigenvalue weighted by atomic mass is 16.4. The summed E-state index contributed by atoms with van der Waals surface area (Å²) in [5.41, 5.74) is 0.442. The summed E-state index contributed by atoms with van der Waals surface area (Å²) in [5.74, 6) is -1.02. The minimum atomic E-state index is -1.09. The van der Waals surface area contributed by atoms with Crippen LogP contribution in [0.3, 0.4) is 0 Å². The summed E-state index contributed by atoms with van der Waals surface area (Å²) in [6.07, 6.45) is 2.95. The van der Waals surface area contributed by atoms with Gasteiger partial charge in [-0.05, 0) is 43.5 Å². The van der Waals surface area contributed by atoms with Gasteiger partial charge in [0.2, 0.25) is 0 Å². The molecule has 3 N–H and O–H groups in total. The molecule has 0 spiro atoms. The van der Waals surface area contributed by atoms with E-state index in [1.165, 1.54) is 24.3 Å². The number of phenols is 1. The van der Waals surface area contributed by atoms with Crippen molar-refractivity contribution in [1.82, 2.24) is 5.32 Å². The number of carboxylic acids is 1. The lowest BCUT2D eigenvalue weighted by Gasteiger charge is -2.30. The van der Waals surface area contributed by atoms with E-state index in [9.17, 15) is 14.7 Å². The largest absolute Gasteiger partial charge is 0.508 e. The number of nitrogens with one attached hydrogen (secondary N) is 1. The van der Waals surface area contributed by atoms with Crippen LogP contribution in [0.15, 0.2) is 24.3 Å². The smallest absolute Gasteiger partial charge is 0.323 e. The molecule has 0 aliphatic heterocycles. The molecule has 1 aromatic rings. The number of rotatable bonds is 4. The Hall–Kier alpha value is -2.24. The van der Waals surface area contributed by atoms with Gasteiger partial charge >= 0.3 is 12.0 Å². The van der Waals surface area contributed by atoms with Gasteiger partial charge in [-0.3, -0.25) is 9.69 Å². The third-order valence-corrected chi connectivity index (χ3v) is 3.13. The molecule has 2 amide bonds. The Morgan fingerprint density at radius 3 is 2.37 bits per heavy atom. The second-order valence-electron chi connectivity index (χ2n) is 4.57. The second-order valence-corrected chi connectivity index (χ2v) is 4.57. The summed E-state index contributed by atoms with van der Waals surface area (Å²) in [7, 11) is 0. The molecule has 0 radical (unpaired) electrons. The zero-order chi connectivity index (χ0) is 13.8. The van der Waals surface area contributed by atoms with Crippen LogP contribution in [0.25, 0.3) is 0 Å². The molecule has 0 heterocycles. The van der Waals surface area contributed by atoms with Crippen LogP contribution in [0.1, 0.15) is 19.3 Å². The van der Waals surface area contributed by atoms with Gasteiger partial charge in [-0.2, -0.15) is 0 Å². The number of nitrogens with zero attached hydrogens (tertiary/aromatic N) is 1. The average molecular weight is 264 g/mol. The molecule has 0 saturated heterocycles. The standard InChI is InChI=1S/C13H16N2O4/c16-11-6-4-10(5-7-11)15(8-12(17)18)13(19)14-9-2-1-3-9/h4-7,9,16H,1-3,8H2,(H,14,19)(H,17,18). The zero-order valence-corrected chi connectivity index (χ0v) is 10.4. The van der Waals surface area contributed by atoms with E-state index >= 15 is 0 Å². The summed E-state index contributed by atoms with van der Waals surface area (Å²) in [6, 6.07) is 5.58. The summed E-state index contributed by atoms with van der Waals surface area (Å²) >= 11 is 0. The lowest BCUT2D eigenvalue weighted by Crippen LogP contribution is -2.49. The molecule has 1 aliphatic carbocycles. The van der Waals surface area contributed by atoms with Crippen LogP contribution in [0.2, 0.25) is 0 Å². The maximum Gasteiger partial charge on any atom is 0.323 e. The molecular weight excluding hydrogens is 248 g/mol. The predicted octanol–water partition coefficient (Wildman–Crippen LogP) is 1.55. The number of carbonyl (C=O) groups excluding carboxylic acids is 1. The maximum atomic E-state index is 12.1. The number of hydrogen-bond donors (Lipinski definition) is 3. The number of phenolic OH excluding ortho intramolecular Hbond substituents is 1. The Balaban J connectivity index is 2.11. The van der Waals surface area contributed by atoms with Crippen molar-refractivity contribution >= 4 is 17.7 Å². The van der Waals surface area contributed by atoms with Gasteiger partial charge in [0.25, 0.3) is 0 Å². The summed E-state index contributed by atoms with van der Waals surface area (Å²) in [4.78, 5) is 24.1. The van der Waals surface area contributed by atoms with Crippen molar-refractivity contribution in [1.29, 1.82) is 0 Å². The van der Waals surface area contributed by atoms with E-state index in [4.69, 9.17) is 5.11 Å². The molecule has 2 rings (SSSR count). The van der Waals surface area contributed by atoms with E-state index in [-0.39, 0.29) is 11.8 Å². The molecular formula is C13H16N2O4. The number of carboxylic acid groups (broad SMARTS) is 1. The number of hydrogen-bond acceptors (Lipinski definition) is 3. The molecule has 102 valence electrons. The van der Waals surface area contributed by atoms with Crippen LogP contribution in [0.5, 0.6) is 5.75 Å². The highest BCUT2D eigenvalue weighted by Crippen LogP contribution is 2.21. The van der Waals surface area contributed by atoms with E-state index in [1.54, 1.807) is 0 Å². The highest BCUT2D eigenvalue weighted by Gasteiger charge is 2.24. The normalized spacial score (nSPS) is 14.5. The fraction of sp³-hybridized carbons (Fsp3) is 0.385. The second kappa shape index (κ2) is 5.60. The molecule has 1 saturated carbocycles. The third-order valence-electron chi connectivity index (χ3n) is 3.13. The van der Waals surface area contributed by atoms with Gasteiger partial charge in [-0.25, -0.2) is 4.79 Å². The van der Waals surface area contributed by atoms with E-state index in [0.29, 0.717) is 5.69 Å². The average Bonchev–Trinajstić information content (AvgIpc) is 2.31. The first-order chi connectivity index (χ1) is 9.06. The zero-order valence-electron chi connectivity index (χ0n) is 10.4. The van der Waals surface area contributed by atoms with Crippen LogP contribution < -0.4 is 10.2 Å². The SMILES string of the molecule is O=C(O)CN(C(=O)NC1CCC1)c1ccc(O)cc1. The molecule has 0 unspecified atom stereocenters. The van der Waals surface area contributed by atoms with Crippen LogP contribution in [-0.2, 0) is 4.79 Å². The maximum absolute atomic E-state index is 12.1. The number of urea groups is 1. The van der Waals surface area contributed by atoms with Gasteiger partial charge in [0.15, 0.2) is 0 Å². The fourth-order valence-electron chi connectivity index (χ4n) is 1.85. The Labute approximate surface area is 110 Å². The van der Waals surface area contributed by atoms with Gasteiger partial charge in [-0.1, -0.05) is 0 Å². The lowest BCUT2D eigenvalue weighted by molar-refractivity contribution is -0.135. The van der Waals surface area contributed by atoms with Crippen molar-refractivity contribution < 1.29 is 19.8 Å². The van der Waals surface area contributed by atoms with Gasteiger partial charge in [-0.15, -0.1) is 0 Å². The third kappa shape index (κ3) is 3.37. The van der Waals surface area contributed by atoms with Crippen LogP contribution in [0, 0.1) is 0 Å². The lowest BCUT2D eigenvalue weighted by atomic mass is 9.93. The van der Waals surface area contributed by atoms with E-state index < -0.39 is 18.5 Å². The number of benzene rings is 1. The fourth-order valence-corrected chi connectivity index (χ4v) is 1.85. The van der Waals surface area contributed by atoms with E-state index in [2.05, 4.69) is 5.32 Å². The Morgan fingerprint density at radius 1 is 1.26 bits per heavy atom. The summed E-state index contributed by atoms with van der Waals surface area (Å²) < 4.78 is 0. The molecule has 1 aliphatic rings. The molecule has 0 bridgehead atoms. The molecule has 0 aromatic heterocycles. The Kier molecular flexibility index (Phi) is 3.89. The predicted molar refractivity (Wildman–Crippen MR) is 69.3 cm³/mol. The van der Waals surface area contributed by atoms with Crippen molar-refractivity contribution in [3.8, 4) is 5.75 Å². The molecule has 0 atom stereocenters. The molecule has 6 nitrogen and oxygen atoms in total. The van der Waals surface area contributed by atoms with Crippen LogP contribution in [0.4, 0.5) is 10.5 Å². The minimum Gasteiger partial charge on any atom is -0.508 e. The first-order valence-corrected chi connectivity index (χ1v) is 6.15. The van der Waals surface area contributed by atoms with E-state index in [1.807, 2.05) is 0 Å². The highest BCUT2D eigenvalue weighted by molar-refractivity contribution is 5.96. The van der Waals surface area contributed by atoms with Crippen LogP contribution in [-0.4, -0.2) is 34.8 Å². The molecule has 19 heavy (non-hydrogen) atoms.